The van der Waals surface area contributed by atoms with Gasteiger partial charge in [-0.3, -0.25) is 38.4 Å². The lowest BCUT2D eigenvalue weighted by Crippen LogP contribution is -2.68. The van der Waals surface area contributed by atoms with Crippen molar-refractivity contribution in [3.8, 4) is 0 Å². The predicted molar refractivity (Wildman–Crippen MR) is 357 cm³/mol. The molecule has 3 N–H and O–H groups in total. The van der Waals surface area contributed by atoms with Crippen molar-refractivity contribution >= 4 is 47.1 Å². The van der Waals surface area contributed by atoms with E-state index in [0.29, 0.717) is 49.2 Å². The first-order valence-corrected chi connectivity index (χ1v) is 31.4. The summed E-state index contributed by atoms with van der Waals surface area (Å²) in [6.45, 7) is 53.6. The van der Waals surface area contributed by atoms with Crippen LogP contribution in [-0.2, 0) is 47.8 Å². The minimum absolute atomic E-state index is 0.0506. The minimum atomic E-state index is -2.33. The first kappa shape index (κ1) is 82.7. The number of ether oxygens (including phenoxy) is 2. The number of amides is 7. The van der Waals surface area contributed by atoms with Crippen LogP contribution in [0.25, 0.3) is 0 Å². The molecule has 0 bridgehead atoms. The average Bonchev–Trinajstić information content (AvgIpc) is 0.800. The van der Waals surface area contributed by atoms with Gasteiger partial charge < -0.3 is 64.0 Å². The number of β-amino-alcohol motifs (C(OH)–C–C–N with tert-alkyl or cyclic N) is 1. The lowest BCUT2D eigenvalue weighted by atomic mass is 9.76. The van der Waals surface area contributed by atoms with Crippen LogP contribution >= 0.6 is 0 Å². The predicted octanol–water partition coefficient (Wildman–Crippen LogP) is 7.17. The van der Waals surface area contributed by atoms with Crippen LogP contribution in [0.5, 0.6) is 0 Å². The molecule has 0 aromatic heterocycles. The van der Waals surface area contributed by atoms with Crippen molar-refractivity contribution < 1.29 is 67.3 Å². The molecule has 0 aromatic carbocycles. The van der Waals surface area contributed by atoms with E-state index in [1.165, 1.54) is 7.05 Å². The van der Waals surface area contributed by atoms with Crippen LogP contribution < -0.4 is 0 Å². The van der Waals surface area contributed by atoms with Gasteiger partial charge in [-0.1, -0.05) is 145 Å². The van der Waals surface area contributed by atoms with E-state index in [4.69, 9.17) is 23.8 Å². The lowest BCUT2D eigenvalue weighted by molar-refractivity contribution is -0.199. The molecule has 5 fully saturated rings. The van der Waals surface area contributed by atoms with E-state index < -0.39 is 24.1 Å². The molecule has 0 aromatic rings. The molecule has 5 aliphatic rings. The maximum atomic E-state index is 11.8. The van der Waals surface area contributed by atoms with E-state index in [9.17, 15) is 43.5 Å². The number of hydrogen-bond acceptors (Lipinski definition) is 14. The Hall–Kier alpha value is -4.28. The van der Waals surface area contributed by atoms with Gasteiger partial charge in [-0.05, 0) is 34.2 Å². The molecule has 5 rings (SSSR count). The number of nitrogens with zero attached hydrogens (tertiary/aromatic N) is 8. The van der Waals surface area contributed by atoms with Crippen molar-refractivity contribution in [2.45, 2.75) is 197 Å². The Morgan fingerprint density at radius 3 is 1.20 bits per heavy atom. The first-order chi connectivity index (χ1) is 40.7. The molecule has 89 heavy (non-hydrogen) atoms. The van der Waals surface area contributed by atoms with Gasteiger partial charge in [0.05, 0.1) is 43.0 Å². The van der Waals surface area contributed by atoms with Gasteiger partial charge in [0.15, 0.2) is 0 Å². The Bertz CT molecular complexity index is 2260. The maximum absolute atomic E-state index is 11.8. The summed E-state index contributed by atoms with van der Waals surface area (Å²) in [6.07, 6.45) is 0.347. The normalized spacial score (nSPS) is 18.4. The van der Waals surface area contributed by atoms with Gasteiger partial charge in [0.2, 0.25) is 41.4 Å². The third-order valence-corrected chi connectivity index (χ3v) is 14.0. The number of likely N-dealkylation sites (N-methyl/N-ethyl adjacent to an activating group) is 2. The van der Waals surface area contributed by atoms with Crippen molar-refractivity contribution in [2.75, 3.05) is 142 Å². The fourth-order valence-electron chi connectivity index (χ4n) is 9.22. The number of likely N-dealkylation sites (tertiary alicyclic amines) is 3. The third kappa shape index (κ3) is 36.5. The second-order valence-corrected chi connectivity index (χ2v) is 33.3. The molecule has 21 nitrogen and oxygen atoms in total. The van der Waals surface area contributed by atoms with Crippen molar-refractivity contribution in [1.29, 1.82) is 0 Å². The van der Waals surface area contributed by atoms with Gasteiger partial charge in [0.1, 0.15) is 5.78 Å². The van der Waals surface area contributed by atoms with Gasteiger partial charge in [-0.2, -0.15) is 0 Å². The van der Waals surface area contributed by atoms with Gasteiger partial charge in [0, 0.05) is 176 Å². The zero-order chi connectivity index (χ0) is 73.9. The van der Waals surface area contributed by atoms with Crippen molar-refractivity contribution in [3.05, 3.63) is 0 Å². The highest BCUT2D eigenvalue weighted by Gasteiger charge is 2.52. The van der Waals surface area contributed by atoms with Crippen molar-refractivity contribution in [3.63, 3.8) is 0 Å². The first-order valence-electron chi connectivity index (χ1n) is 32.9. The zero-order valence-electron chi connectivity index (χ0n) is 65.2. The van der Waals surface area contributed by atoms with Crippen LogP contribution in [0.3, 0.4) is 0 Å². The molecule has 0 radical (unpaired) electrons. The van der Waals surface area contributed by atoms with Crippen molar-refractivity contribution in [2.24, 2.45) is 55.2 Å². The maximum Gasteiger partial charge on any atom is 0.228 e. The van der Waals surface area contributed by atoms with E-state index in [1.807, 2.05) is 144 Å². The van der Waals surface area contributed by atoms with E-state index >= 15 is 0 Å². The number of aliphatic hydroxyl groups is 3. The number of carbonyl (C=O) groups excluding carboxylic acids is 8. The van der Waals surface area contributed by atoms with Crippen LogP contribution in [-0.4, -0.2) is 261 Å². The Morgan fingerprint density at radius 2 is 0.955 bits per heavy atom. The Labute approximate surface area is 545 Å². The fraction of sp³-hybridized carbons (Fsp3) is 0.882. The Balaban J connectivity index is -0.000000986. The number of Topliss-reactive ketones (excluding diaryl/α,β-unsaturated/α-hetero) is 1. The van der Waals surface area contributed by atoms with E-state index in [1.54, 1.807) is 101 Å². The summed E-state index contributed by atoms with van der Waals surface area (Å²) >= 11 is 0. The molecule has 5 aliphatic heterocycles. The summed E-state index contributed by atoms with van der Waals surface area (Å²) in [4.78, 5) is 104. The van der Waals surface area contributed by atoms with Gasteiger partial charge in [-0.25, -0.2) is 0 Å². The largest absolute Gasteiger partial charge is 0.392 e. The summed E-state index contributed by atoms with van der Waals surface area (Å²) in [6, 6.07) is 0. The fourth-order valence-corrected chi connectivity index (χ4v) is 9.22. The van der Waals surface area contributed by atoms with Gasteiger partial charge in [-0.15, -0.1) is 0 Å². The molecule has 5 heterocycles. The number of rotatable bonds is 7. The van der Waals surface area contributed by atoms with Crippen LogP contribution in [0.1, 0.15) is 184 Å². The summed E-state index contributed by atoms with van der Waals surface area (Å²) in [5, 5.41) is 27.5. The van der Waals surface area contributed by atoms with E-state index in [-0.39, 0.29) is 79.9 Å². The second kappa shape index (κ2) is 36.2. The highest BCUT2D eigenvalue weighted by Crippen LogP contribution is 2.39. The second-order valence-electron chi connectivity index (χ2n) is 33.3. The molecule has 2 atom stereocenters. The molecule has 1 spiro atoms. The molecule has 0 saturated carbocycles. The van der Waals surface area contributed by atoms with Gasteiger partial charge in [0.25, 0.3) is 0 Å². The number of hydrogen-bond donors (Lipinski definition) is 3. The van der Waals surface area contributed by atoms with Crippen molar-refractivity contribution in [1.82, 2.24) is 39.2 Å². The summed E-state index contributed by atoms with van der Waals surface area (Å²) in [7, 11) is 12.1. The quantitative estimate of drug-likeness (QED) is 0.229. The highest BCUT2D eigenvalue weighted by molar-refractivity contribution is 5.87. The average molecular weight is 1270 g/mol. The SMILES string of the molecule is CC(=O)N(C)CC1CCOC1.CC(C)(C)C(=O)N1CC(O)C1.CC(C)(C)C(=O)N1CC2(COC2)C1.CC(O)CN(C)C(=O)C(C)(C)C.CN(C)C(=O)C(C)(C)C.CN(CC(C)(C)O)C(=O)C(C)(C)C.CN1CC(C(=O)C(C)(C)C)C1.[2H]C([2H])([2H])N(C)C(=O)C(C)(C)C. The minimum Gasteiger partial charge on any atom is -0.392 e. The van der Waals surface area contributed by atoms with Crippen LogP contribution in [0.4, 0.5) is 0 Å². The number of ketones is 1. The molecular weight excluding hydrogens is 1140 g/mol. The van der Waals surface area contributed by atoms with Gasteiger partial charge >= 0.3 is 0 Å². The summed E-state index contributed by atoms with van der Waals surface area (Å²) in [5.74, 6) is 1.72. The molecule has 524 valence electrons. The van der Waals surface area contributed by atoms with Crippen LogP contribution in [0, 0.1) is 55.2 Å². The van der Waals surface area contributed by atoms with Crippen LogP contribution in [0.15, 0.2) is 0 Å². The molecule has 5 saturated heterocycles. The molecule has 7 amide bonds. The van der Waals surface area contributed by atoms with E-state index in [2.05, 4.69) is 4.90 Å². The summed E-state index contributed by atoms with van der Waals surface area (Å²) < 4.78 is 31.3. The zero-order valence-corrected chi connectivity index (χ0v) is 62.2. The number of carbonyl (C=O) groups is 8. The Kier molecular flexibility index (Phi) is 33.7. The lowest BCUT2D eigenvalue weighted by Gasteiger charge is -2.56. The smallest absolute Gasteiger partial charge is 0.228 e. The van der Waals surface area contributed by atoms with Crippen LogP contribution in [0.2, 0.25) is 0 Å². The topological polar surface area (TPSA) is 242 Å². The third-order valence-electron chi connectivity index (χ3n) is 14.0. The monoisotopic (exact) mass is 1270 g/mol. The molecule has 0 aliphatic carbocycles. The highest BCUT2D eigenvalue weighted by atomic mass is 16.5. The molecule has 21 heteroatoms. The number of aliphatic hydroxyl groups excluding tert-OH is 2. The standard InChI is InChI=1S/C10H17NO2.C10H21NO2.C9H19NO2.C9H17NO.2C8H15NO2.2C7H15NO/c1-9(2,3)8(12)11-4-10(5-11)6-13-7-10;1-9(2,3)8(12)11(6)7-10(4,5)13;1-7(11)6-10(5)8(12)9(2,3)4;1-9(2,3)8(11)7-5-10(4)6-7;1-8(2,3)7(11)9-4-6(10)5-9;1-7(10)9(2)5-8-3-4-11-6-8;2*1-7(2,3)6(9)8(4)5/h4-7H2,1-3H3;13H,7H2,1-6H3;7,11H,6H2,1-5H3;7H,5-6H2,1-4H3;6,10H,4-5H2,1-3H3;8H,3-6H2,1-2H3;2*1-5H3/i;;;;;;4D3;. The Morgan fingerprint density at radius 1 is 0.562 bits per heavy atom. The summed E-state index contributed by atoms with van der Waals surface area (Å²) in [5.41, 5.74) is -2.76. The van der Waals surface area contributed by atoms with E-state index in [0.717, 1.165) is 70.5 Å². The molecular formula is C68H134N8O13. The molecule has 2 unspecified atom stereocenters.